The number of fused-ring (bicyclic) bond motifs is 1. The summed E-state index contributed by atoms with van der Waals surface area (Å²) in [6, 6.07) is 7.54. The van der Waals surface area contributed by atoms with Crippen molar-refractivity contribution in [2.75, 3.05) is 5.32 Å². The highest BCUT2D eigenvalue weighted by molar-refractivity contribution is 7.18. The van der Waals surface area contributed by atoms with E-state index >= 15 is 0 Å². The summed E-state index contributed by atoms with van der Waals surface area (Å²) < 4.78 is 3.30. The van der Waals surface area contributed by atoms with Gasteiger partial charge in [0.15, 0.2) is 0 Å². The van der Waals surface area contributed by atoms with Crippen LogP contribution in [0.3, 0.4) is 0 Å². The van der Waals surface area contributed by atoms with Gasteiger partial charge in [-0.15, -0.1) is 11.3 Å². The fraction of sp³-hybridized carbons (Fsp3) is 0.238. The second-order valence-corrected chi connectivity index (χ2v) is 8.59. The number of benzene rings is 1. The average Bonchev–Trinajstić information content (AvgIpc) is 3.27. The van der Waals surface area contributed by atoms with Crippen molar-refractivity contribution in [1.29, 1.82) is 0 Å². The summed E-state index contributed by atoms with van der Waals surface area (Å²) in [5, 5.41) is 4.10. The zero-order chi connectivity index (χ0) is 21.3. The fourth-order valence-corrected chi connectivity index (χ4v) is 4.39. The van der Waals surface area contributed by atoms with Gasteiger partial charge in [0, 0.05) is 35.3 Å². The molecule has 0 aliphatic rings. The zero-order valence-corrected chi connectivity index (χ0v) is 18.1. The third-order valence-electron chi connectivity index (χ3n) is 5.00. The molecule has 0 atom stereocenters. The third-order valence-corrected chi connectivity index (χ3v) is 6.48. The molecule has 1 aromatic carbocycles. The summed E-state index contributed by atoms with van der Waals surface area (Å²) in [4.78, 5) is 35.6. The highest BCUT2D eigenvalue weighted by Crippen LogP contribution is 2.25. The molecule has 1 amide bonds. The SMILES string of the molecule is Cc1sc2ncn(CCC(=O)Nc3nccn3Cc3ccccc3Cl)c(=O)c2c1C. The lowest BCUT2D eigenvalue weighted by Crippen LogP contribution is -2.24. The number of nitrogens with zero attached hydrogens (tertiary/aromatic N) is 4. The summed E-state index contributed by atoms with van der Waals surface area (Å²) in [6.45, 7) is 4.63. The topological polar surface area (TPSA) is 81.8 Å². The number of aryl methyl sites for hydroxylation is 3. The smallest absolute Gasteiger partial charge is 0.262 e. The lowest BCUT2D eigenvalue weighted by molar-refractivity contribution is -0.116. The number of imidazole rings is 1. The van der Waals surface area contributed by atoms with Crippen LogP contribution in [0.4, 0.5) is 5.95 Å². The van der Waals surface area contributed by atoms with E-state index in [1.54, 1.807) is 12.4 Å². The molecule has 0 saturated heterocycles. The maximum atomic E-state index is 12.8. The Hall–Kier alpha value is -2.97. The maximum Gasteiger partial charge on any atom is 0.262 e. The largest absolute Gasteiger partial charge is 0.313 e. The molecule has 0 spiro atoms. The quantitative estimate of drug-likeness (QED) is 0.490. The molecule has 154 valence electrons. The number of nitrogens with one attached hydrogen (secondary N) is 1. The van der Waals surface area contributed by atoms with Gasteiger partial charge in [0.05, 0.1) is 18.3 Å². The van der Waals surface area contributed by atoms with E-state index in [-0.39, 0.29) is 24.4 Å². The van der Waals surface area contributed by atoms with Crippen LogP contribution in [0.5, 0.6) is 0 Å². The Bertz CT molecular complexity index is 1290. The molecule has 3 aromatic heterocycles. The number of hydrogen-bond donors (Lipinski definition) is 1. The Kier molecular flexibility index (Phi) is 5.69. The van der Waals surface area contributed by atoms with Crippen molar-refractivity contribution in [2.24, 2.45) is 0 Å². The van der Waals surface area contributed by atoms with Gasteiger partial charge < -0.3 is 4.57 Å². The summed E-state index contributed by atoms with van der Waals surface area (Å²) in [5.74, 6) is 0.206. The summed E-state index contributed by atoms with van der Waals surface area (Å²) in [7, 11) is 0. The van der Waals surface area contributed by atoms with Crippen LogP contribution < -0.4 is 10.9 Å². The number of halogens is 1. The van der Waals surface area contributed by atoms with Crippen LogP contribution in [0.25, 0.3) is 10.2 Å². The van der Waals surface area contributed by atoms with Crippen LogP contribution in [0.15, 0.2) is 47.8 Å². The first-order valence-corrected chi connectivity index (χ1v) is 10.6. The van der Waals surface area contributed by atoms with Gasteiger partial charge in [-0.2, -0.15) is 0 Å². The van der Waals surface area contributed by atoms with Crippen LogP contribution in [0.1, 0.15) is 22.4 Å². The predicted molar refractivity (Wildman–Crippen MR) is 119 cm³/mol. The monoisotopic (exact) mass is 441 g/mol. The number of hydrogen-bond acceptors (Lipinski definition) is 5. The van der Waals surface area contributed by atoms with Gasteiger partial charge in [0.2, 0.25) is 11.9 Å². The van der Waals surface area contributed by atoms with Gasteiger partial charge in [-0.3, -0.25) is 19.5 Å². The van der Waals surface area contributed by atoms with E-state index in [1.165, 1.54) is 22.2 Å². The van der Waals surface area contributed by atoms with Crippen LogP contribution in [-0.2, 0) is 17.9 Å². The number of thiophene rings is 1. The van der Waals surface area contributed by atoms with E-state index in [9.17, 15) is 9.59 Å². The Morgan fingerprint density at radius 2 is 2.00 bits per heavy atom. The van der Waals surface area contributed by atoms with E-state index in [0.29, 0.717) is 22.9 Å². The van der Waals surface area contributed by atoms with Gasteiger partial charge in [0.25, 0.3) is 5.56 Å². The van der Waals surface area contributed by atoms with Crippen molar-refractivity contribution in [3.63, 3.8) is 0 Å². The summed E-state index contributed by atoms with van der Waals surface area (Å²) in [5.41, 5.74) is 1.77. The van der Waals surface area contributed by atoms with Gasteiger partial charge in [-0.1, -0.05) is 29.8 Å². The Morgan fingerprint density at radius 3 is 2.80 bits per heavy atom. The first kappa shape index (κ1) is 20.3. The van der Waals surface area contributed by atoms with Crippen LogP contribution >= 0.6 is 22.9 Å². The standard InChI is InChI=1S/C21H20ClN5O2S/c1-13-14(2)30-19-18(13)20(29)27(12-24-19)9-7-17(28)25-21-23-8-10-26(21)11-15-5-3-4-6-16(15)22/h3-6,8,10,12H,7,9,11H2,1-2H3,(H,23,25,28). The van der Waals surface area contributed by atoms with E-state index < -0.39 is 0 Å². The molecule has 0 aliphatic heterocycles. The van der Waals surface area contributed by atoms with Crippen molar-refractivity contribution in [3.05, 3.63) is 74.4 Å². The third kappa shape index (κ3) is 4.01. The van der Waals surface area contributed by atoms with Crippen molar-refractivity contribution < 1.29 is 4.79 Å². The molecule has 9 heteroatoms. The normalized spacial score (nSPS) is 11.2. The number of aromatic nitrogens is 4. The molecule has 4 aromatic rings. The molecule has 0 bridgehead atoms. The van der Waals surface area contributed by atoms with Crippen molar-refractivity contribution in [3.8, 4) is 0 Å². The van der Waals surface area contributed by atoms with E-state index in [1.807, 2.05) is 42.7 Å². The van der Waals surface area contributed by atoms with E-state index in [2.05, 4.69) is 15.3 Å². The number of carbonyl (C=O) groups is 1. The highest BCUT2D eigenvalue weighted by Gasteiger charge is 2.14. The van der Waals surface area contributed by atoms with Crippen molar-refractivity contribution >= 4 is 45.0 Å². The Balaban J connectivity index is 1.44. The van der Waals surface area contributed by atoms with Crippen molar-refractivity contribution in [1.82, 2.24) is 19.1 Å². The van der Waals surface area contributed by atoms with E-state index in [4.69, 9.17) is 11.6 Å². The summed E-state index contributed by atoms with van der Waals surface area (Å²) >= 11 is 7.73. The molecule has 0 fully saturated rings. The molecule has 0 unspecified atom stereocenters. The Morgan fingerprint density at radius 1 is 1.20 bits per heavy atom. The minimum atomic E-state index is -0.230. The van der Waals surface area contributed by atoms with Crippen molar-refractivity contribution in [2.45, 2.75) is 33.4 Å². The molecule has 30 heavy (non-hydrogen) atoms. The molecular formula is C21H20ClN5O2S. The molecule has 0 aliphatic carbocycles. The number of amides is 1. The highest BCUT2D eigenvalue weighted by atomic mass is 35.5. The maximum absolute atomic E-state index is 12.8. The van der Waals surface area contributed by atoms with Gasteiger partial charge in [0.1, 0.15) is 4.83 Å². The molecule has 0 saturated carbocycles. The van der Waals surface area contributed by atoms with Crippen LogP contribution in [0, 0.1) is 13.8 Å². The molecule has 1 N–H and O–H groups in total. The zero-order valence-electron chi connectivity index (χ0n) is 16.6. The van der Waals surface area contributed by atoms with Crippen LogP contribution in [-0.4, -0.2) is 25.0 Å². The van der Waals surface area contributed by atoms with Gasteiger partial charge >= 0.3 is 0 Å². The molecule has 3 heterocycles. The number of anilines is 1. The predicted octanol–water partition coefficient (Wildman–Crippen LogP) is 4.00. The molecular weight excluding hydrogens is 422 g/mol. The first-order valence-electron chi connectivity index (χ1n) is 9.43. The number of rotatable bonds is 6. The lowest BCUT2D eigenvalue weighted by Gasteiger charge is -2.11. The lowest BCUT2D eigenvalue weighted by atomic mass is 10.2. The van der Waals surface area contributed by atoms with Gasteiger partial charge in [-0.05, 0) is 31.0 Å². The first-order chi connectivity index (χ1) is 14.4. The average molecular weight is 442 g/mol. The number of carbonyl (C=O) groups excluding carboxylic acids is 1. The summed E-state index contributed by atoms with van der Waals surface area (Å²) in [6.07, 6.45) is 5.04. The second-order valence-electron chi connectivity index (χ2n) is 6.97. The fourth-order valence-electron chi connectivity index (χ4n) is 3.21. The van der Waals surface area contributed by atoms with E-state index in [0.717, 1.165) is 20.8 Å². The van der Waals surface area contributed by atoms with Gasteiger partial charge in [-0.25, -0.2) is 9.97 Å². The minimum absolute atomic E-state index is 0.116. The Labute approximate surface area is 182 Å². The molecule has 7 nitrogen and oxygen atoms in total. The molecule has 0 radical (unpaired) electrons. The second kappa shape index (κ2) is 8.41. The van der Waals surface area contributed by atoms with Crippen LogP contribution in [0.2, 0.25) is 5.02 Å². The molecule has 4 rings (SSSR count). The minimum Gasteiger partial charge on any atom is -0.313 e.